The third-order valence-electron chi connectivity index (χ3n) is 1.09. The Morgan fingerprint density at radius 1 is 1.60 bits per heavy atom. The normalized spacial score (nSPS) is 9.40. The molecule has 1 aromatic heterocycles. The summed E-state index contributed by atoms with van der Waals surface area (Å²) in [6.45, 7) is 1.76. The Hall–Kier alpha value is -0.970. The highest BCUT2D eigenvalue weighted by Crippen LogP contribution is 2.02. The maximum atomic E-state index is 10.9. The summed E-state index contributed by atoms with van der Waals surface area (Å²) in [6.07, 6.45) is 0. The molecule has 1 heterocycles. The van der Waals surface area contributed by atoms with Crippen molar-refractivity contribution in [3.63, 3.8) is 0 Å². The van der Waals surface area contributed by atoms with Crippen molar-refractivity contribution in [3.05, 3.63) is 11.4 Å². The lowest BCUT2D eigenvalue weighted by atomic mass is 10.3. The smallest absolute Gasteiger partial charge is 0.272 e. The van der Waals surface area contributed by atoms with E-state index in [0.717, 1.165) is 11.7 Å². The van der Waals surface area contributed by atoms with E-state index in [0.29, 0.717) is 11.4 Å². The number of nitrogens with one attached hydrogen (secondary N) is 1. The summed E-state index contributed by atoms with van der Waals surface area (Å²) in [5.74, 6) is -0.175. The summed E-state index contributed by atoms with van der Waals surface area (Å²) < 4.78 is 7.66. The van der Waals surface area contributed by atoms with Crippen LogP contribution in [0, 0.1) is 6.92 Å². The van der Waals surface area contributed by atoms with Gasteiger partial charge in [0.1, 0.15) is 0 Å². The lowest BCUT2D eigenvalue weighted by Gasteiger charge is -1.92. The molecule has 0 bridgehead atoms. The largest absolute Gasteiger partial charge is 0.354 e. The van der Waals surface area contributed by atoms with Crippen molar-refractivity contribution >= 4 is 17.6 Å². The zero-order valence-corrected chi connectivity index (χ0v) is 6.53. The highest BCUT2D eigenvalue weighted by atomic mass is 32.1. The van der Waals surface area contributed by atoms with Crippen molar-refractivity contribution in [2.24, 2.45) is 0 Å². The summed E-state index contributed by atoms with van der Waals surface area (Å²) in [5, 5.41) is 2.47. The number of hydrogen-bond donors (Lipinski definition) is 1. The fraction of sp³-hybridized carbons (Fsp3) is 0.400. The molecule has 0 spiro atoms. The standard InChI is InChI=1S/C5H7N3OS/c1-3-4(5(9)6-2)8-10-7-3/h1-2H3,(H,6,9). The van der Waals surface area contributed by atoms with Gasteiger partial charge in [-0.3, -0.25) is 4.79 Å². The fourth-order valence-corrected chi connectivity index (χ4v) is 1.10. The maximum Gasteiger partial charge on any atom is 0.272 e. The van der Waals surface area contributed by atoms with Crippen LogP contribution in [0.3, 0.4) is 0 Å². The molecule has 0 aromatic carbocycles. The number of hydrogen-bond acceptors (Lipinski definition) is 4. The van der Waals surface area contributed by atoms with E-state index in [-0.39, 0.29) is 5.91 Å². The molecule has 0 fully saturated rings. The van der Waals surface area contributed by atoms with Crippen LogP contribution in [0.15, 0.2) is 0 Å². The van der Waals surface area contributed by atoms with Crippen molar-refractivity contribution in [2.75, 3.05) is 7.05 Å². The molecule has 0 unspecified atom stereocenters. The molecule has 10 heavy (non-hydrogen) atoms. The molecular weight excluding hydrogens is 150 g/mol. The molecule has 0 saturated carbocycles. The van der Waals surface area contributed by atoms with E-state index in [1.807, 2.05) is 0 Å². The van der Waals surface area contributed by atoms with Crippen LogP contribution in [0.1, 0.15) is 16.2 Å². The number of carbonyl (C=O) groups is 1. The van der Waals surface area contributed by atoms with Gasteiger partial charge in [-0.2, -0.15) is 8.75 Å². The lowest BCUT2D eigenvalue weighted by molar-refractivity contribution is 0.0958. The Kier molecular flexibility index (Phi) is 1.96. The molecule has 1 rings (SSSR count). The minimum Gasteiger partial charge on any atom is -0.354 e. The minimum atomic E-state index is -0.175. The van der Waals surface area contributed by atoms with Crippen LogP contribution in [-0.2, 0) is 0 Å². The van der Waals surface area contributed by atoms with E-state index in [1.165, 1.54) is 0 Å². The van der Waals surface area contributed by atoms with Gasteiger partial charge in [-0.25, -0.2) is 0 Å². The average Bonchev–Trinajstić information content (AvgIpc) is 2.34. The Bertz CT molecular complexity index is 245. The predicted octanol–water partition coefficient (Wildman–Crippen LogP) is 0.206. The summed E-state index contributed by atoms with van der Waals surface area (Å²) in [6, 6.07) is 0. The fourth-order valence-electron chi connectivity index (χ4n) is 0.556. The number of aromatic nitrogens is 2. The molecule has 0 aliphatic rings. The van der Waals surface area contributed by atoms with Crippen molar-refractivity contribution in [1.82, 2.24) is 14.1 Å². The van der Waals surface area contributed by atoms with Crippen LogP contribution in [0.2, 0.25) is 0 Å². The van der Waals surface area contributed by atoms with E-state index < -0.39 is 0 Å². The Morgan fingerprint density at radius 2 is 2.30 bits per heavy atom. The Morgan fingerprint density at radius 3 is 2.70 bits per heavy atom. The summed E-state index contributed by atoms with van der Waals surface area (Å²) >= 11 is 1.05. The van der Waals surface area contributed by atoms with E-state index in [2.05, 4.69) is 14.1 Å². The second-order valence-electron chi connectivity index (χ2n) is 1.78. The number of aryl methyl sites for hydroxylation is 1. The molecule has 0 atom stereocenters. The van der Waals surface area contributed by atoms with E-state index >= 15 is 0 Å². The molecule has 1 amide bonds. The van der Waals surface area contributed by atoms with Crippen molar-refractivity contribution < 1.29 is 4.79 Å². The molecule has 0 saturated heterocycles. The van der Waals surface area contributed by atoms with Gasteiger partial charge in [0.05, 0.1) is 17.4 Å². The third kappa shape index (κ3) is 1.13. The first-order chi connectivity index (χ1) is 4.75. The third-order valence-corrected chi connectivity index (χ3v) is 1.71. The van der Waals surface area contributed by atoms with Gasteiger partial charge in [0.25, 0.3) is 5.91 Å². The van der Waals surface area contributed by atoms with Gasteiger partial charge < -0.3 is 5.32 Å². The van der Waals surface area contributed by atoms with Crippen LogP contribution in [0.4, 0.5) is 0 Å². The predicted molar refractivity (Wildman–Crippen MR) is 38.0 cm³/mol. The number of carbonyl (C=O) groups excluding carboxylic acids is 1. The highest BCUT2D eigenvalue weighted by Gasteiger charge is 2.09. The van der Waals surface area contributed by atoms with Crippen LogP contribution in [0.5, 0.6) is 0 Å². The summed E-state index contributed by atoms with van der Waals surface area (Å²) in [4.78, 5) is 10.9. The first-order valence-corrected chi connectivity index (χ1v) is 3.50. The van der Waals surface area contributed by atoms with E-state index in [1.54, 1.807) is 14.0 Å². The summed E-state index contributed by atoms with van der Waals surface area (Å²) in [7, 11) is 1.57. The molecule has 5 heteroatoms. The number of nitrogens with zero attached hydrogens (tertiary/aromatic N) is 2. The average molecular weight is 157 g/mol. The van der Waals surface area contributed by atoms with E-state index in [9.17, 15) is 4.79 Å². The highest BCUT2D eigenvalue weighted by molar-refractivity contribution is 6.99. The molecule has 0 radical (unpaired) electrons. The van der Waals surface area contributed by atoms with Crippen LogP contribution in [-0.4, -0.2) is 21.7 Å². The van der Waals surface area contributed by atoms with Crippen molar-refractivity contribution in [2.45, 2.75) is 6.92 Å². The molecular formula is C5H7N3OS. The molecule has 1 aromatic rings. The lowest BCUT2D eigenvalue weighted by Crippen LogP contribution is -2.18. The zero-order chi connectivity index (χ0) is 7.56. The van der Waals surface area contributed by atoms with Crippen LogP contribution in [0.25, 0.3) is 0 Å². The summed E-state index contributed by atoms with van der Waals surface area (Å²) in [5.41, 5.74) is 1.11. The topological polar surface area (TPSA) is 54.9 Å². The second-order valence-corrected chi connectivity index (χ2v) is 2.31. The SMILES string of the molecule is CNC(=O)c1nsnc1C. The minimum absolute atomic E-state index is 0.175. The molecule has 0 aliphatic carbocycles. The quantitative estimate of drug-likeness (QED) is 0.633. The Balaban J connectivity index is 2.93. The monoisotopic (exact) mass is 157 g/mol. The van der Waals surface area contributed by atoms with Gasteiger partial charge in [-0.15, -0.1) is 0 Å². The Labute approximate surface area is 62.6 Å². The zero-order valence-electron chi connectivity index (χ0n) is 5.71. The van der Waals surface area contributed by atoms with Gasteiger partial charge in [0, 0.05) is 7.05 Å². The van der Waals surface area contributed by atoms with Gasteiger partial charge in [0.2, 0.25) is 0 Å². The first-order valence-electron chi connectivity index (χ1n) is 2.77. The maximum absolute atomic E-state index is 10.9. The molecule has 0 aliphatic heterocycles. The number of rotatable bonds is 1. The van der Waals surface area contributed by atoms with Gasteiger partial charge >= 0.3 is 0 Å². The molecule has 54 valence electrons. The number of amides is 1. The van der Waals surface area contributed by atoms with Crippen LogP contribution >= 0.6 is 11.7 Å². The van der Waals surface area contributed by atoms with Crippen molar-refractivity contribution in [3.8, 4) is 0 Å². The second kappa shape index (κ2) is 2.74. The van der Waals surface area contributed by atoms with Gasteiger partial charge in [-0.1, -0.05) is 0 Å². The van der Waals surface area contributed by atoms with Crippen LogP contribution < -0.4 is 5.32 Å². The van der Waals surface area contributed by atoms with Crippen molar-refractivity contribution in [1.29, 1.82) is 0 Å². The molecule has 1 N–H and O–H groups in total. The molecule has 4 nitrogen and oxygen atoms in total. The van der Waals surface area contributed by atoms with E-state index in [4.69, 9.17) is 0 Å². The van der Waals surface area contributed by atoms with Gasteiger partial charge in [-0.05, 0) is 6.92 Å². The van der Waals surface area contributed by atoms with Gasteiger partial charge in [0.15, 0.2) is 5.69 Å². The first kappa shape index (κ1) is 7.14.